The standard InChI is InChI=1S/C2HF3O2.Eu/c3-2(4,5)1(6)7;/h(H,6,7);. The van der Waals surface area contributed by atoms with Crippen LogP contribution in [0.2, 0.25) is 0 Å². The molecule has 0 saturated carbocycles. The van der Waals surface area contributed by atoms with E-state index in [2.05, 4.69) is 0 Å². The van der Waals surface area contributed by atoms with Crippen molar-refractivity contribution in [3.05, 3.63) is 0 Å². The molecule has 0 amide bonds. The number of aliphatic carboxylic acids is 1. The molecule has 0 aromatic carbocycles. The van der Waals surface area contributed by atoms with Crippen LogP contribution in [0.1, 0.15) is 0 Å². The molecule has 0 saturated heterocycles. The van der Waals surface area contributed by atoms with E-state index in [0.29, 0.717) is 0 Å². The van der Waals surface area contributed by atoms with Crippen LogP contribution in [-0.4, -0.2) is 17.3 Å². The first kappa shape index (κ1) is 11.6. The van der Waals surface area contributed by atoms with Crippen molar-refractivity contribution in [1.29, 1.82) is 0 Å². The summed E-state index contributed by atoms with van der Waals surface area (Å²) in [6.07, 6.45) is -5.08. The summed E-state index contributed by atoms with van der Waals surface area (Å²) in [6.45, 7) is 0. The number of hydrogen-bond donors (Lipinski definition) is 1. The molecule has 0 atom stereocenters. The Kier molecular flexibility index (Phi) is 5.51. The predicted molar refractivity (Wildman–Crippen MR) is 13.7 cm³/mol. The zero-order valence-corrected chi connectivity index (χ0v) is 5.79. The van der Waals surface area contributed by atoms with Crippen molar-refractivity contribution in [2.45, 2.75) is 6.18 Å². The molecule has 0 aliphatic rings. The number of carboxylic acids is 1. The van der Waals surface area contributed by atoms with E-state index in [0.717, 1.165) is 0 Å². The summed E-state index contributed by atoms with van der Waals surface area (Å²) < 4.78 is 31.7. The second kappa shape index (κ2) is 3.79. The molecular weight excluding hydrogens is 265 g/mol. The number of rotatable bonds is 0. The maximum Gasteiger partial charge on any atom is 0.490 e. The number of carboxylic acid groups (broad SMARTS) is 1. The van der Waals surface area contributed by atoms with Gasteiger partial charge in [0.15, 0.2) is 0 Å². The first-order valence-electron chi connectivity index (χ1n) is 1.24. The van der Waals surface area contributed by atoms with Gasteiger partial charge in [0.25, 0.3) is 0 Å². The second-order valence-corrected chi connectivity index (χ2v) is 0.803. The number of alkyl halides is 3. The van der Waals surface area contributed by atoms with Gasteiger partial charge < -0.3 is 5.11 Å². The van der Waals surface area contributed by atoms with E-state index in [-0.39, 0.29) is 49.4 Å². The maximum absolute atomic E-state index is 10.6. The molecule has 0 fully saturated rings. The summed E-state index contributed by atoms with van der Waals surface area (Å²) in [4.78, 5) is 8.90. The first-order valence-corrected chi connectivity index (χ1v) is 1.24. The average molecular weight is 266 g/mol. The molecular formula is C2HEuF3O2. The van der Waals surface area contributed by atoms with Gasteiger partial charge in [-0.1, -0.05) is 0 Å². The summed E-state index contributed by atoms with van der Waals surface area (Å²) in [5.41, 5.74) is 0. The maximum atomic E-state index is 10.6. The van der Waals surface area contributed by atoms with Crippen molar-refractivity contribution in [3.63, 3.8) is 0 Å². The molecule has 0 bridgehead atoms. The van der Waals surface area contributed by atoms with E-state index in [1.165, 1.54) is 0 Å². The molecule has 49 valence electrons. The number of carbonyl (C=O) groups is 1. The third-order valence-electron chi connectivity index (χ3n) is 0.243. The Bertz CT molecular complexity index is 87.8. The minimum absolute atomic E-state index is 0. The van der Waals surface area contributed by atoms with Gasteiger partial charge in [-0.2, -0.15) is 13.2 Å². The van der Waals surface area contributed by atoms with Crippen LogP contribution in [0, 0.1) is 49.4 Å². The predicted octanol–water partition coefficient (Wildman–Crippen LogP) is 0.633. The van der Waals surface area contributed by atoms with Gasteiger partial charge in [0.1, 0.15) is 0 Å². The first-order chi connectivity index (χ1) is 2.94. The molecule has 2 nitrogen and oxygen atoms in total. The van der Waals surface area contributed by atoms with Crippen LogP contribution in [0.4, 0.5) is 13.2 Å². The fourth-order valence-electron chi connectivity index (χ4n) is 0. The van der Waals surface area contributed by atoms with Gasteiger partial charge >= 0.3 is 12.1 Å². The Morgan fingerprint density at radius 2 is 1.50 bits per heavy atom. The largest absolute Gasteiger partial charge is 0.490 e. The van der Waals surface area contributed by atoms with E-state index < -0.39 is 12.1 Å². The Balaban J connectivity index is 0. The van der Waals surface area contributed by atoms with Crippen molar-refractivity contribution in [1.82, 2.24) is 0 Å². The fourth-order valence-corrected chi connectivity index (χ4v) is 0. The third kappa shape index (κ3) is 4.99. The molecule has 6 heteroatoms. The Morgan fingerprint density at radius 3 is 1.50 bits per heavy atom. The quantitative estimate of drug-likeness (QED) is 0.698. The Hall–Kier alpha value is 0.844. The fraction of sp³-hybridized carbons (Fsp3) is 0.500. The normalized spacial score (nSPS) is 9.88. The molecule has 0 aromatic heterocycles. The van der Waals surface area contributed by atoms with Crippen molar-refractivity contribution in [3.8, 4) is 0 Å². The molecule has 1 N–H and O–H groups in total. The Labute approximate surface area is 83.6 Å². The van der Waals surface area contributed by atoms with Crippen LogP contribution in [0.15, 0.2) is 0 Å². The van der Waals surface area contributed by atoms with Gasteiger partial charge in [-0.15, -0.1) is 0 Å². The topological polar surface area (TPSA) is 37.3 Å². The molecule has 0 spiro atoms. The third-order valence-corrected chi connectivity index (χ3v) is 0.243. The van der Waals surface area contributed by atoms with Crippen LogP contribution in [0.5, 0.6) is 0 Å². The smallest absolute Gasteiger partial charge is 0.475 e. The van der Waals surface area contributed by atoms with Crippen LogP contribution in [-0.2, 0) is 4.79 Å². The van der Waals surface area contributed by atoms with E-state index in [1.54, 1.807) is 0 Å². The molecule has 8 heavy (non-hydrogen) atoms. The average Bonchev–Trinajstić information content (AvgIpc) is 1.31. The van der Waals surface area contributed by atoms with Gasteiger partial charge in [-0.3, -0.25) is 0 Å². The van der Waals surface area contributed by atoms with E-state index in [1.807, 2.05) is 0 Å². The molecule has 0 aliphatic heterocycles. The summed E-state index contributed by atoms with van der Waals surface area (Å²) in [5.74, 6) is -2.76. The summed E-state index contributed by atoms with van der Waals surface area (Å²) >= 11 is 0. The molecule has 0 rings (SSSR count). The summed E-state index contributed by atoms with van der Waals surface area (Å²) in [5, 5.41) is 7.12. The van der Waals surface area contributed by atoms with Crippen molar-refractivity contribution >= 4 is 5.97 Å². The minimum atomic E-state index is -5.08. The van der Waals surface area contributed by atoms with Crippen LogP contribution in [0.3, 0.4) is 0 Å². The van der Waals surface area contributed by atoms with Crippen LogP contribution < -0.4 is 0 Å². The van der Waals surface area contributed by atoms with Gasteiger partial charge in [0, 0.05) is 49.4 Å². The summed E-state index contributed by atoms with van der Waals surface area (Å²) in [6, 6.07) is 0. The van der Waals surface area contributed by atoms with Gasteiger partial charge in [-0.05, 0) is 0 Å². The van der Waals surface area contributed by atoms with Gasteiger partial charge in [0.05, 0.1) is 0 Å². The molecule has 0 unspecified atom stereocenters. The number of halogens is 3. The Morgan fingerprint density at radius 1 is 1.38 bits per heavy atom. The van der Waals surface area contributed by atoms with E-state index in [9.17, 15) is 13.2 Å². The monoisotopic (exact) mass is 267 g/mol. The van der Waals surface area contributed by atoms with Crippen molar-refractivity contribution in [2.24, 2.45) is 0 Å². The molecule has 0 heterocycles. The molecule has 1 radical (unpaired) electrons. The SMILES string of the molecule is O=C(O)C(F)(F)F.[Eu]. The zero-order valence-electron chi connectivity index (χ0n) is 3.37. The van der Waals surface area contributed by atoms with Crippen LogP contribution >= 0.6 is 0 Å². The van der Waals surface area contributed by atoms with E-state index in [4.69, 9.17) is 9.90 Å². The minimum Gasteiger partial charge on any atom is -0.475 e. The molecule has 0 aromatic rings. The van der Waals surface area contributed by atoms with Crippen LogP contribution in [0.25, 0.3) is 0 Å². The van der Waals surface area contributed by atoms with E-state index >= 15 is 0 Å². The van der Waals surface area contributed by atoms with Crippen molar-refractivity contribution < 1.29 is 72.4 Å². The van der Waals surface area contributed by atoms with Gasteiger partial charge in [-0.25, -0.2) is 4.79 Å². The number of hydrogen-bond acceptors (Lipinski definition) is 1. The second-order valence-electron chi connectivity index (χ2n) is 0.803. The summed E-state index contributed by atoms with van der Waals surface area (Å²) in [7, 11) is 0. The zero-order chi connectivity index (χ0) is 6.08. The van der Waals surface area contributed by atoms with Crippen molar-refractivity contribution in [2.75, 3.05) is 0 Å². The molecule has 0 aliphatic carbocycles. The van der Waals surface area contributed by atoms with Gasteiger partial charge in [0.2, 0.25) is 0 Å².